The van der Waals surface area contributed by atoms with Crippen molar-refractivity contribution < 1.29 is 19.4 Å². The summed E-state index contributed by atoms with van der Waals surface area (Å²) < 4.78 is 5.83. The van der Waals surface area contributed by atoms with Gasteiger partial charge in [0, 0.05) is 13.0 Å². The molecule has 34 heavy (non-hydrogen) atoms. The molecule has 0 spiro atoms. The van der Waals surface area contributed by atoms with Crippen molar-refractivity contribution in [1.82, 2.24) is 10.3 Å². The number of aliphatic carboxylic acids is 1. The first kappa shape index (κ1) is 23.9. The zero-order valence-electron chi connectivity index (χ0n) is 18.2. The van der Waals surface area contributed by atoms with Gasteiger partial charge in [-0.1, -0.05) is 47.5 Å². The Balaban J connectivity index is 1.36. The largest absolute Gasteiger partial charge is 0.487 e. The van der Waals surface area contributed by atoms with Crippen molar-refractivity contribution in [2.75, 3.05) is 11.9 Å². The lowest BCUT2D eigenvalue weighted by Crippen LogP contribution is -2.42. The number of rotatable bonds is 8. The van der Waals surface area contributed by atoms with Gasteiger partial charge in [-0.3, -0.25) is 4.79 Å². The second-order valence-electron chi connectivity index (χ2n) is 7.94. The molecule has 1 atom stereocenters. The van der Waals surface area contributed by atoms with E-state index in [0.717, 1.165) is 36.5 Å². The van der Waals surface area contributed by atoms with Crippen LogP contribution in [0.1, 0.15) is 33.6 Å². The van der Waals surface area contributed by atoms with Gasteiger partial charge in [-0.05, 0) is 54.3 Å². The van der Waals surface area contributed by atoms with E-state index >= 15 is 0 Å². The summed E-state index contributed by atoms with van der Waals surface area (Å²) in [6, 6.07) is 14.6. The molecule has 1 aliphatic heterocycles. The SMILES string of the molecule is O=C(N[C@@H](Cc1ccc(OCc2ccc3c(n2)NCCC3)cc1)C(=O)O)c1c(Cl)cccc1Cl. The Morgan fingerprint density at radius 3 is 2.53 bits per heavy atom. The molecule has 2 heterocycles. The third kappa shape index (κ3) is 5.79. The molecular formula is C25H23Cl2N3O4. The maximum absolute atomic E-state index is 12.6. The first-order valence-corrected chi connectivity index (χ1v) is 11.6. The molecule has 9 heteroatoms. The molecule has 3 N–H and O–H groups in total. The van der Waals surface area contributed by atoms with Gasteiger partial charge in [-0.2, -0.15) is 0 Å². The number of fused-ring (bicyclic) bond motifs is 1. The number of carboxylic acids is 1. The van der Waals surface area contributed by atoms with Gasteiger partial charge in [0.05, 0.1) is 21.3 Å². The number of aromatic nitrogens is 1. The first-order valence-electron chi connectivity index (χ1n) is 10.8. The Hall–Kier alpha value is -3.29. The van der Waals surface area contributed by atoms with Crippen LogP contribution < -0.4 is 15.4 Å². The Bertz CT molecular complexity index is 1180. The van der Waals surface area contributed by atoms with Gasteiger partial charge >= 0.3 is 5.97 Å². The highest BCUT2D eigenvalue weighted by molar-refractivity contribution is 6.39. The fraction of sp³-hybridized carbons (Fsp3) is 0.240. The normalized spacial score (nSPS) is 13.4. The van der Waals surface area contributed by atoms with Crippen molar-refractivity contribution in [3.8, 4) is 5.75 Å². The van der Waals surface area contributed by atoms with Crippen molar-refractivity contribution >= 4 is 40.9 Å². The quantitative estimate of drug-likeness (QED) is 0.413. The summed E-state index contributed by atoms with van der Waals surface area (Å²) in [5, 5.41) is 15.7. The fourth-order valence-electron chi connectivity index (χ4n) is 3.71. The van der Waals surface area contributed by atoms with E-state index in [2.05, 4.69) is 21.7 Å². The van der Waals surface area contributed by atoms with Crippen molar-refractivity contribution in [3.63, 3.8) is 0 Å². The van der Waals surface area contributed by atoms with Crippen LogP contribution in [0.4, 0.5) is 5.82 Å². The minimum Gasteiger partial charge on any atom is -0.487 e. The number of carboxylic acid groups (broad SMARTS) is 1. The fourth-order valence-corrected chi connectivity index (χ4v) is 4.28. The minimum atomic E-state index is -1.16. The molecule has 0 saturated heterocycles. The number of hydrogen-bond donors (Lipinski definition) is 3. The van der Waals surface area contributed by atoms with E-state index in [1.807, 2.05) is 6.07 Å². The zero-order chi connectivity index (χ0) is 24.1. The predicted octanol–water partition coefficient (Wildman–Crippen LogP) is 4.75. The average molecular weight is 500 g/mol. The molecule has 0 saturated carbocycles. The maximum atomic E-state index is 12.6. The number of nitrogens with zero attached hydrogens (tertiary/aromatic N) is 1. The van der Waals surface area contributed by atoms with Crippen LogP contribution in [0.2, 0.25) is 10.0 Å². The number of benzene rings is 2. The van der Waals surface area contributed by atoms with Gasteiger partial charge in [0.2, 0.25) is 0 Å². The molecule has 1 aliphatic rings. The number of aryl methyl sites for hydroxylation is 1. The number of ether oxygens (including phenoxy) is 1. The number of amides is 1. The number of carbonyl (C=O) groups is 2. The molecule has 7 nitrogen and oxygen atoms in total. The standard InChI is InChI=1S/C25H23Cl2N3O4/c26-19-4-1-5-20(27)22(19)24(31)30-21(25(32)33)13-15-6-10-18(11-7-15)34-14-17-9-8-16-3-2-12-28-23(16)29-17/h1,4-11,21H,2-3,12-14H2,(H,28,29)(H,30,31)(H,32,33)/t21-/m0/s1. The first-order chi connectivity index (χ1) is 16.4. The third-order valence-corrected chi connectivity index (χ3v) is 6.12. The van der Waals surface area contributed by atoms with E-state index in [0.29, 0.717) is 12.4 Å². The Morgan fingerprint density at radius 2 is 1.82 bits per heavy atom. The molecule has 2 aromatic carbocycles. The molecule has 3 aromatic rings. The van der Waals surface area contributed by atoms with Gasteiger partial charge < -0.3 is 20.5 Å². The van der Waals surface area contributed by atoms with Gasteiger partial charge in [-0.25, -0.2) is 9.78 Å². The minimum absolute atomic E-state index is 0.0480. The van der Waals surface area contributed by atoms with Crippen molar-refractivity contribution in [3.05, 3.63) is 87.0 Å². The highest BCUT2D eigenvalue weighted by Crippen LogP contribution is 2.25. The zero-order valence-corrected chi connectivity index (χ0v) is 19.7. The molecule has 0 bridgehead atoms. The molecule has 176 valence electrons. The number of hydrogen-bond acceptors (Lipinski definition) is 5. The van der Waals surface area contributed by atoms with E-state index in [9.17, 15) is 14.7 Å². The molecule has 1 amide bonds. The summed E-state index contributed by atoms with van der Waals surface area (Å²) in [5.74, 6) is -0.253. The van der Waals surface area contributed by atoms with Crippen molar-refractivity contribution in [2.45, 2.75) is 31.9 Å². The van der Waals surface area contributed by atoms with Crippen LogP contribution >= 0.6 is 23.2 Å². The second-order valence-corrected chi connectivity index (χ2v) is 8.75. The van der Waals surface area contributed by atoms with E-state index in [4.69, 9.17) is 27.9 Å². The van der Waals surface area contributed by atoms with Crippen LogP contribution in [0, 0.1) is 0 Å². The van der Waals surface area contributed by atoms with Crippen LogP contribution in [0.5, 0.6) is 5.75 Å². The monoisotopic (exact) mass is 499 g/mol. The number of nitrogens with one attached hydrogen (secondary N) is 2. The summed E-state index contributed by atoms with van der Waals surface area (Å²) in [6.07, 6.45) is 2.22. The molecular weight excluding hydrogens is 477 g/mol. The Kier molecular flexibility index (Phi) is 7.55. The highest BCUT2D eigenvalue weighted by Gasteiger charge is 2.23. The smallest absolute Gasteiger partial charge is 0.326 e. The lowest BCUT2D eigenvalue weighted by atomic mass is 10.1. The number of pyridine rings is 1. The van der Waals surface area contributed by atoms with Gasteiger partial charge in [0.25, 0.3) is 5.91 Å². The topological polar surface area (TPSA) is 101 Å². The molecule has 0 aliphatic carbocycles. The number of halogens is 2. The van der Waals surface area contributed by atoms with Crippen molar-refractivity contribution in [1.29, 1.82) is 0 Å². The lowest BCUT2D eigenvalue weighted by molar-refractivity contribution is -0.139. The summed E-state index contributed by atoms with van der Waals surface area (Å²) >= 11 is 12.1. The summed E-state index contributed by atoms with van der Waals surface area (Å²) in [4.78, 5) is 28.9. The lowest BCUT2D eigenvalue weighted by Gasteiger charge is -2.17. The van der Waals surface area contributed by atoms with E-state index in [-0.39, 0.29) is 22.0 Å². The van der Waals surface area contributed by atoms with Crippen LogP contribution in [0.25, 0.3) is 0 Å². The molecule has 0 fully saturated rings. The molecule has 1 aromatic heterocycles. The highest BCUT2D eigenvalue weighted by atomic mass is 35.5. The van der Waals surface area contributed by atoms with E-state index in [1.165, 1.54) is 17.7 Å². The average Bonchev–Trinajstić information content (AvgIpc) is 2.83. The van der Waals surface area contributed by atoms with E-state index in [1.54, 1.807) is 30.3 Å². The summed E-state index contributed by atoms with van der Waals surface area (Å²) in [7, 11) is 0. The molecule has 0 unspecified atom stereocenters. The Morgan fingerprint density at radius 1 is 1.09 bits per heavy atom. The van der Waals surface area contributed by atoms with Gasteiger partial charge in [0.1, 0.15) is 24.2 Å². The van der Waals surface area contributed by atoms with Gasteiger partial charge in [0.15, 0.2) is 0 Å². The van der Waals surface area contributed by atoms with E-state index < -0.39 is 17.9 Å². The van der Waals surface area contributed by atoms with Crippen molar-refractivity contribution in [2.24, 2.45) is 0 Å². The second kappa shape index (κ2) is 10.8. The summed E-state index contributed by atoms with van der Waals surface area (Å²) in [6.45, 7) is 1.25. The maximum Gasteiger partial charge on any atom is 0.326 e. The van der Waals surface area contributed by atoms with Crippen LogP contribution in [-0.2, 0) is 24.2 Å². The van der Waals surface area contributed by atoms with Crippen LogP contribution in [-0.4, -0.2) is 34.6 Å². The predicted molar refractivity (Wildman–Crippen MR) is 131 cm³/mol. The van der Waals surface area contributed by atoms with Crippen LogP contribution in [0.15, 0.2) is 54.6 Å². The molecule has 0 radical (unpaired) electrons. The Labute approximate surface area is 207 Å². The number of carbonyl (C=O) groups excluding carboxylic acids is 1. The van der Waals surface area contributed by atoms with Crippen LogP contribution in [0.3, 0.4) is 0 Å². The van der Waals surface area contributed by atoms with Gasteiger partial charge in [-0.15, -0.1) is 0 Å². The third-order valence-electron chi connectivity index (χ3n) is 5.49. The number of anilines is 1. The summed E-state index contributed by atoms with van der Waals surface area (Å²) in [5.41, 5.74) is 2.81. The molecule has 4 rings (SSSR count).